The monoisotopic (exact) mass is 250 g/mol. The summed E-state index contributed by atoms with van der Waals surface area (Å²) in [6, 6.07) is 1.32. The lowest BCUT2D eigenvalue weighted by molar-refractivity contribution is 0.0928. The number of nitrogens with one attached hydrogen (secondary N) is 2. The summed E-state index contributed by atoms with van der Waals surface area (Å²) in [5.74, 6) is 0.877. The molecule has 1 unspecified atom stereocenters. The fourth-order valence-corrected chi connectivity index (χ4v) is 1.48. The Morgan fingerprint density at radius 1 is 1.67 bits per heavy atom. The molecule has 7 nitrogen and oxygen atoms in total. The molecule has 2 heterocycles. The van der Waals surface area contributed by atoms with Crippen LogP contribution in [0.1, 0.15) is 35.0 Å². The Labute approximate surface area is 104 Å². The minimum absolute atomic E-state index is 0.223. The predicted octanol–water partition coefficient (Wildman–Crippen LogP) is 1.04. The molecular weight excluding hydrogens is 236 g/mol. The molecule has 1 amide bonds. The summed E-state index contributed by atoms with van der Waals surface area (Å²) in [4.78, 5) is 18.8. The van der Waals surface area contributed by atoms with Gasteiger partial charge in [-0.25, -0.2) is 4.98 Å². The number of hydrogen-bond acceptors (Lipinski definition) is 5. The van der Waals surface area contributed by atoms with Gasteiger partial charge in [0, 0.05) is 25.6 Å². The summed E-state index contributed by atoms with van der Waals surface area (Å²) in [5, 5.41) is 6.43. The molecule has 0 aliphatic rings. The quantitative estimate of drug-likeness (QED) is 0.826. The zero-order valence-electron chi connectivity index (χ0n) is 10.1. The molecule has 0 aliphatic carbocycles. The average molecular weight is 250 g/mol. The van der Waals surface area contributed by atoms with E-state index in [4.69, 9.17) is 9.26 Å². The van der Waals surface area contributed by atoms with Crippen LogP contribution in [-0.2, 0) is 11.3 Å². The van der Waals surface area contributed by atoms with Crippen LogP contribution in [0.25, 0.3) is 0 Å². The fraction of sp³-hybridized carbons (Fsp3) is 0.364. The van der Waals surface area contributed by atoms with E-state index in [0.29, 0.717) is 11.6 Å². The second kappa shape index (κ2) is 5.46. The molecule has 0 aliphatic heterocycles. The minimum atomic E-state index is -0.315. The first-order valence-electron chi connectivity index (χ1n) is 5.45. The topological polar surface area (TPSA) is 93.0 Å². The van der Waals surface area contributed by atoms with Gasteiger partial charge in [0.2, 0.25) is 0 Å². The largest absolute Gasteiger partial charge is 0.377 e. The number of methoxy groups -OCH3 is 1. The molecule has 0 saturated heterocycles. The molecule has 0 fully saturated rings. The highest BCUT2D eigenvalue weighted by Crippen LogP contribution is 2.09. The number of carbonyl (C=O) groups is 1. The van der Waals surface area contributed by atoms with Gasteiger partial charge in [0.25, 0.3) is 5.91 Å². The van der Waals surface area contributed by atoms with Gasteiger partial charge in [-0.3, -0.25) is 4.79 Å². The van der Waals surface area contributed by atoms with Gasteiger partial charge in [0.15, 0.2) is 11.5 Å². The second-order valence-electron chi connectivity index (χ2n) is 3.78. The molecular formula is C11H14N4O3. The molecule has 0 aromatic carbocycles. The van der Waals surface area contributed by atoms with Crippen molar-refractivity contribution in [2.24, 2.45) is 0 Å². The highest BCUT2D eigenvalue weighted by atomic mass is 16.5. The Balaban J connectivity index is 1.98. The summed E-state index contributed by atoms with van der Waals surface area (Å²) < 4.78 is 9.82. The molecule has 7 heteroatoms. The SMILES string of the molecule is COCc1cc(C(=O)NC(C)c2ncc[nH]2)no1. The Morgan fingerprint density at radius 3 is 3.17 bits per heavy atom. The zero-order valence-corrected chi connectivity index (χ0v) is 10.1. The first-order chi connectivity index (χ1) is 8.70. The van der Waals surface area contributed by atoms with Crippen LogP contribution in [0, 0.1) is 0 Å². The van der Waals surface area contributed by atoms with Crippen molar-refractivity contribution in [3.63, 3.8) is 0 Å². The minimum Gasteiger partial charge on any atom is -0.377 e. The van der Waals surface area contributed by atoms with Gasteiger partial charge in [-0.15, -0.1) is 0 Å². The smallest absolute Gasteiger partial charge is 0.274 e. The summed E-state index contributed by atoms with van der Waals surface area (Å²) in [5.41, 5.74) is 0.223. The van der Waals surface area contributed by atoms with E-state index in [2.05, 4.69) is 20.4 Å². The number of carbonyl (C=O) groups excluding carboxylic acids is 1. The third-order valence-corrected chi connectivity index (χ3v) is 2.36. The molecule has 0 spiro atoms. The number of ether oxygens (including phenoxy) is 1. The van der Waals surface area contributed by atoms with Gasteiger partial charge in [-0.05, 0) is 6.92 Å². The number of H-pyrrole nitrogens is 1. The van der Waals surface area contributed by atoms with Gasteiger partial charge in [0.1, 0.15) is 12.4 Å². The van der Waals surface area contributed by atoms with Crippen LogP contribution >= 0.6 is 0 Å². The summed E-state index contributed by atoms with van der Waals surface area (Å²) in [6.45, 7) is 2.11. The molecule has 0 saturated carbocycles. The maximum Gasteiger partial charge on any atom is 0.274 e. The van der Waals surface area contributed by atoms with E-state index in [0.717, 1.165) is 0 Å². The van der Waals surface area contributed by atoms with Crippen molar-refractivity contribution in [2.45, 2.75) is 19.6 Å². The van der Waals surface area contributed by atoms with Gasteiger partial charge in [-0.2, -0.15) is 0 Å². The standard InChI is InChI=1S/C11H14N4O3/c1-7(10-12-3-4-13-10)14-11(16)9-5-8(6-17-2)18-15-9/h3-5,7H,6H2,1-2H3,(H,12,13)(H,14,16). The Kier molecular flexibility index (Phi) is 3.73. The fourth-order valence-electron chi connectivity index (χ4n) is 1.48. The van der Waals surface area contributed by atoms with E-state index in [-0.39, 0.29) is 24.2 Å². The third-order valence-electron chi connectivity index (χ3n) is 2.36. The molecule has 2 rings (SSSR count). The molecule has 2 N–H and O–H groups in total. The second-order valence-corrected chi connectivity index (χ2v) is 3.78. The van der Waals surface area contributed by atoms with E-state index in [1.54, 1.807) is 25.6 Å². The maximum absolute atomic E-state index is 11.9. The normalized spacial score (nSPS) is 12.3. The lowest BCUT2D eigenvalue weighted by Crippen LogP contribution is -2.27. The zero-order chi connectivity index (χ0) is 13.0. The molecule has 0 radical (unpaired) electrons. The van der Waals surface area contributed by atoms with E-state index >= 15 is 0 Å². The van der Waals surface area contributed by atoms with Crippen LogP contribution in [0.5, 0.6) is 0 Å². The van der Waals surface area contributed by atoms with Crippen molar-refractivity contribution in [3.05, 3.63) is 35.7 Å². The molecule has 2 aromatic rings. The van der Waals surface area contributed by atoms with Crippen LogP contribution in [0.3, 0.4) is 0 Å². The summed E-state index contributed by atoms with van der Waals surface area (Å²) in [6.07, 6.45) is 3.33. The lowest BCUT2D eigenvalue weighted by Gasteiger charge is -2.09. The van der Waals surface area contributed by atoms with E-state index in [9.17, 15) is 4.79 Å². The van der Waals surface area contributed by atoms with Crippen molar-refractivity contribution in [3.8, 4) is 0 Å². The lowest BCUT2D eigenvalue weighted by atomic mass is 10.3. The molecule has 0 bridgehead atoms. The number of aromatic amines is 1. The van der Waals surface area contributed by atoms with Crippen LogP contribution in [-0.4, -0.2) is 28.1 Å². The van der Waals surface area contributed by atoms with Crippen molar-refractivity contribution in [1.29, 1.82) is 0 Å². The number of hydrogen-bond donors (Lipinski definition) is 2. The first kappa shape index (κ1) is 12.3. The van der Waals surface area contributed by atoms with Gasteiger partial charge < -0.3 is 19.6 Å². The highest BCUT2D eigenvalue weighted by molar-refractivity contribution is 5.92. The van der Waals surface area contributed by atoms with Crippen LogP contribution in [0.4, 0.5) is 0 Å². The number of aromatic nitrogens is 3. The van der Waals surface area contributed by atoms with Gasteiger partial charge in [0.05, 0.1) is 6.04 Å². The average Bonchev–Trinajstić information content (AvgIpc) is 3.00. The van der Waals surface area contributed by atoms with Crippen molar-refractivity contribution in [2.75, 3.05) is 7.11 Å². The summed E-state index contributed by atoms with van der Waals surface area (Å²) in [7, 11) is 1.54. The highest BCUT2D eigenvalue weighted by Gasteiger charge is 2.16. The number of rotatable bonds is 5. The van der Waals surface area contributed by atoms with Crippen molar-refractivity contribution >= 4 is 5.91 Å². The number of imidazole rings is 1. The molecule has 96 valence electrons. The van der Waals surface area contributed by atoms with Crippen LogP contribution in [0.2, 0.25) is 0 Å². The Bertz CT molecular complexity index is 506. The third kappa shape index (κ3) is 2.75. The maximum atomic E-state index is 11.9. The van der Waals surface area contributed by atoms with Crippen LogP contribution in [0.15, 0.2) is 23.0 Å². The van der Waals surface area contributed by atoms with Gasteiger partial charge in [-0.1, -0.05) is 5.16 Å². The van der Waals surface area contributed by atoms with E-state index in [1.807, 2.05) is 6.92 Å². The van der Waals surface area contributed by atoms with Crippen LogP contribution < -0.4 is 5.32 Å². The van der Waals surface area contributed by atoms with Crippen molar-refractivity contribution in [1.82, 2.24) is 20.4 Å². The number of amides is 1. The molecule has 18 heavy (non-hydrogen) atoms. The predicted molar refractivity (Wildman–Crippen MR) is 61.7 cm³/mol. The van der Waals surface area contributed by atoms with E-state index in [1.165, 1.54) is 0 Å². The molecule has 2 aromatic heterocycles. The van der Waals surface area contributed by atoms with Gasteiger partial charge >= 0.3 is 0 Å². The first-order valence-corrected chi connectivity index (χ1v) is 5.45. The van der Waals surface area contributed by atoms with E-state index < -0.39 is 0 Å². The molecule has 1 atom stereocenters. The Morgan fingerprint density at radius 2 is 2.50 bits per heavy atom. The summed E-state index contributed by atoms with van der Waals surface area (Å²) >= 11 is 0. The Hall–Kier alpha value is -2.15. The van der Waals surface area contributed by atoms with Crippen molar-refractivity contribution < 1.29 is 14.1 Å². The number of nitrogens with zero attached hydrogens (tertiary/aromatic N) is 2.